The SMILES string of the molecule is CCCCC(CCC)CCNC. The highest BCUT2D eigenvalue weighted by atomic mass is 14.8. The Bertz CT molecular complexity index is 73.1. The molecule has 1 N–H and O–H groups in total. The Balaban J connectivity index is 3.40. The first-order valence-electron chi connectivity index (χ1n) is 5.49. The van der Waals surface area contributed by atoms with E-state index in [1.165, 1.54) is 45.1 Å². The van der Waals surface area contributed by atoms with E-state index in [4.69, 9.17) is 0 Å². The summed E-state index contributed by atoms with van der Waals surface area (Å²) in [5.41, 5.74) is 0. The number of hydrogen-bond donors (Lipinski definition) is 1. The molecule has 1 atom stereocenters. The third kappa shape index (κ3) is 6.66. The predicted molar refractivity (Wildman–Crippen MR) is 56.5 cm³/mol. The summed E-state index contributed by atoms with van der Waals surface area (Å²) in [5.74, 6) is 0.974. The monoisotopic (exact) mass is 171 g/mol. The van der Waals surface area contributed by atoms with E-state index in [2.05, 4.69) is 19.2 Å². The second kappa shape index (κ2) is 9.05. The fourth-order valence-corrected chi connectivity index (χ4v) is 1.68. The first-order chi connectivity index (χ1) is 5.85. The molecule has 12 heavy (non-hydrogen) atoms. The summed E-state index contributed by atoms with van der Waals surface area (Å²) in [5, 5.41) is 3.23. The van der Waals surface area contributed by atoms with E-state index in [1.54, 1.807) is 0 Å². The predicted octanol–water partition coefficient (Wildman–Crippen LogP) is 3.20. The Hall–Kier alpha value is -0.0400. The lowest BCUT2D eigenvalue weighted by atomic mass is 9.94. The molecule has 0 heterocycles. The summed E-state index contributed by atoms with van der Waals surface area (Å²) in [7, 11) is 2.04. The minimum atomic E-state index is 0.974. The van der Waals surface area contributed by atoms with Crippen molar-refractivity contribution in [2.24, 2.45) is 5.92 Å². The maximum absolute atomic E-state index is 3.23. The highest BCUT2D eigenvalue weighted by Crippen LogP contribution is 2.17. The van der Waals surface area contributed by atoms with Gasteiger partial charge in [-0.2, -0.15) is 0 Å². The minimum Gasteiger partial charge on any atom is -0.320 e. The van der Waals surface area contributed by atoms with Crippen LogP contribution in [0.1, 0.15) is 52.4 Å². The van der Waals surface area contributed by atoms with Crippen LogP contribution in [-0.2, 0) is 0 Å². The molecule has 1 unspecified atom stereocenters. The summed E-state index contributed by atoms with van der Waals surface area (Å²) >= 11 is 0. The summed E-state index contributed by atoms with van der Waals surface area (Å²) in [6, 6.07) is 0. The van der Waals surface area contributed by atoms with Crippen molar-refractivity contribution < 1.29 is 0 Å². The van der Waals surface area contributed by atoms with Crippen LogP contribution in [-0.4, -0.2) is 13.6 Å². The quantitative estimate of drug-likeness (QED) is 0.591. The number of hydrogen-bond acceptors (Lipinski definition) is 1. The van der Waals surface area contributed by atoms with Crippen LogP contribution >= 0.6 is 0 Å². The second-order valence-corrected chi connectivity index (χ2v) is 3.69. The Morgan fingerprint density at radius 1 is 1.00 bits per heavy atom. The third-order valence-electron chi connectivity index (χ3n) is 2.47. The van der Waals surface area contributed by atoms with Gasteiger partial charge in [0, 0.05) is 0 Å². The van der Waals surface area contributed by atoms with Gasteiger partial charge in [0.15, 0.2) is 0 Å². The van der Waals surface area contributed by atoms with Crippen LogP contribution in [0.15, 0.2) is 0 Å². The molecule has 0 aromatic rings. The van der Waals surface area contributed by atoms with E-state index in [0.717, 1.165) is 5.92 Å². The van der Waals surface area contributed by atoms with Gasteiger partial charge in [0.2, 0.25) is 0 Å². The van der Waals surface area contributed by atoms with Gasteiger partial charge in [-0.05, 0) is 25.9 Å². The number of unbranched alkanes of at least 4 members (excludes halogenated alkanes) is 1. The van der Waals surface area contributed by atoms with Crippen LogP contribution in [0.4, 0.5) is 0 Å². The van der Waals surface area contributed by atoms with Crippen LogP contribution in [0.2, 0.25) is 0 Å². The average Bonchev–Trinajstić information content (AvgIpc) is 2.10. The van der Waals surface area contributed by atoms with Gasteiger partial charge in [-0.15, -0.1) is 0 Å². The zero-order valence-corrected chi connectivity index (χ0v) is 9.03. The summed E-state index contributed by atoms with van der Waals surface area (Å²) in [6.45, 7) is 5.76. The largest absolute Gasteiger partial charge is 0.320 e. The van der Waals surface area contributed by atoms with E-state index in [0.29, 0.717) is 0 Å². The summed E-state index contributed by atoms with van der Waals surface area (Å²) < 4.78 is 0. The van der Waals surface area contributed by atoms with Crippen LogP contribution in [0.3, 0.4) is 0 Å². The molecular weight excluding hydrogens is 146 g/mol. The maximum Gasteiger partial charge on any atom is -0.00493 e. The molecule has 0 aromatic carbocycles. The highest BCUT2D eigenvalue weighted by Gasteiger charge is 2.05. The van der Waals surface area contributed by atoms with Crippen LogP contribution in [0.25, 0.3) is 0 Å². The maximum atomic E-state index is 3.23. The zero-order chi connectivity index (χ0) is 9.23. The minimum absolute atomic E-state index is 0.974. The zero-order valence-electron chi connectivity index (χ0n) is 9.03. The normalized spacial score (nSPS) is 13.2. The van der Waals surface area contributed by atoms with Gasteiger partial charge in [-0.3, -0.25) is 0 Å². The molecule has 0 fully saturated rings. The van der Waals surface area contributed by atoms with Crippen LogP contribution in [0, 0.1) is 5.92 Å². The molecular formula is C11H25N. The number of nitrogens with one attached hydrogen (secondary N) is 1. The lowest BCUT2D eigenvalue weighted by Crippen LogP contribution is -2.13. The molecule has 0 saturated heterocycles. The van der Waals surface area contributed by atoms with Crippen LogP contribution in [0.5, 0.6) is 0 Å². The van der Waals surface area contributed by atoms with Crippen molar-refractivity contribution in [1.29, 1.82) is 0 Å². The fourth-order valence-electron chi connectivity index (χ4n) is 1.68. The third-order valence-corrected chi connectivity index (χ3v) is 2.47. The molecule has 0 aliphatic heterocycles. The smallest absolute Gasteiger partial charge is 0.00493 e. The van der Waals surface area contributed by atoms with Gasteiger partial charge in [0.1, 0.15) is 0 Å². The van der Waals surface area contributed by atoms with Gasteiger partial charge in [-0.25, -0.2) is 0 Å². The van der Waals surface area contributed by atoms with E-state index in [9.17, 15) is 0 Å². The molecule has 1 heteroatoms. The van der Waals surface area contributed by atoms with Crippen molar-refractivity contribution in [3.8, 4) is 0 Å². The van der Waals surface area contributed by atoms with E-state index >= 15 is 0 Å². The average molecular weight is 171 g/mol. The Morgan fingerprint density at radius 3 is 2.25 bits per heavy atom. The van der Waals surface area contributed by atoms with Crippen molar-refractivity contribution >= 4 is 0 Å². The molecule has 0 bridgehead atoms. The van der Waals surface area contributed by atoms with Crippen LogP contribution < -0.4 is 5.32 Å². The van der Waals surface area contributed by atoms with Gasteiger partial charge >= 0.3 is 0 Å². The first-order valence-corrected chi connectivity index (χ1v) is 5.49. The van der Waals surface area contributed by atoms with Crippen molar-refractivity contribution in [1.82, 2.24) is 5.32 Å². The Kier molecular flexibility index (Phi) is 9.02. The van der Waals surface area contributed by atoms with E-state index in [1.807, 2.05) is 7.05 Å². The van der Waals surface area contributed by atoms with E-state index < -0.39 is 0 Å². The molecule has 0 radical (unpaired) electrons. The topological polar surface area (TPSA) is 12.0 Å². The van der Waals surface area contributed by atoms with Crippen molar-refractivity contribution in [2.45, 2.75) is 52.4 Å². The lowest BCUT2D eigenvalue weighted by Gasteiger charge is -2.14. The Morgan fingerprint density at radius 2 is 1.75 bits per heavy atom. The standard InChI is InChI=1S/C11H25N/c1-4-6-8-11(7-5-2)9-10-12-3/h11-12H,4-10H2,1-3H3. The first kappa shape index (κ1) is 12.0. The second-order valence-electron chi connectivity index (χ2n) is 3.69. The lowest BCUT2D eigenvalue weighted by molar-refractivity contribution is 0.397. The molecule has 0 aromatic heterocycles. The van der Waals surface area contributed by atoms with E-state index in [-0.39, 0.29) is 0 Å². The molecule has 0 saturated carbocycles. The van der Waals surface area contributed by atoms with Gasteiger partial charge < -0.3 is 5.32 Å². The molecule has 0 amide bonds. The molecule has 0 aliphatic carbocycles. The van der Waals surface area contributed by atoms with Gasteiger partial charge in [0.25, 0.3) is 0 Å². The fraction of sp³-hybridized carbons (Fsp3) is 1.00. The Labute approximate surface area is 77.9 Å². The van der Waals surface area contributed by atoms with Gasteiger partial charge in [0.05, 0.1) is 0 Å². The van der Waals surface area contributed by atoms with Crippen molar-refractivity contribution in [3.63, 3.8) is 0 Å². The molecule has 0 spiro atoms. The molecule has 0 aliphatic rings. The highest BCUT2D eigenvalue weighted by molar-refractivity contribution is 4.59. The van der Waals surface area contributed by atoms with Gasteiger partial charge in [-0.1, -0.05) is 46.0 Å². The molecule has 74 valence electrons. The molecule has 1 nitrogen and oxygen atoms in total. The number of rotatable bonds is 8. The van der Waals surface area contributed by atoms with Crippen molar-refractivity contribution in [2.75, 3.05) is 13.6 Å². The summed E-state index contributed by atoms with van der Waals surface area (Å²) in [4.78, 5) is 0. The van der Waals surface area contributed by atoms with Crippen molar-refractivity contribution in [3.05, 3.63) is 0 Å². The molecule has 0 rings (SSSR count). The summed E-state index contributed by atoms with van der Waals surface area (Å²) in [6.07, 6.45) is 8.32.